The van der Waals surface area contributed by atoms with E-state index >= 15 is 0 Å². The van der Waals surface area contributed by atoms with Crippen LogP contribution in [0.15, 0.2) is 59.1 Å². The van der Waals surface area contributed by atoms with Crippen LogP contribution in [-0.4, -0.2) is 18.2 Å². The Kier molecular flexibility index (Phi) is 4.56. The molecule has 0 aliphatic heterocycles. The first-order chi connectivity index (χ1) is 11.7. The largest absolute Gasteiger partial charge is 0.495 e. The summed E-state index contributed by atoms with van der Waals surface area (Å²) in [6.45, 7) is 0. The van der Waals surface area contributed by atoms with Crippen LogP contribution in [0.2, 0.25) is 0 Å². The van der Waals surface area contributed by atoms with Crippen LogP contribution in [0.25, 0.3) is 11.3 Å². The van der Waals surface area contributed by atoms with E-state index in [9.17, 15) is 9.18 Å². The molecule has 2 aromatic carbocycles. The summed E-state index contributed by atoms with van der Waals surface area (Å²) in [5.41, 5.74) is 1.77. The maximum atomic E-state index is 12.9. The van der Waals surface area contributed by atoms with Crippen LogP contribution in [0.1, 0.15) is 5.69 Å². The van der Waals surface area contributed by atoms with E-state index in [-0.39, 0.29) is 18.1 Å². The standard InChI is InChI=1S/C18H15FN2O3/c1-23-16-5-3-2-4-15(16)20-18(22)11-14-10-17(24-21-14)12-6-8-13(19)9-7-12/h2-10H,11H2,1H3,(H,20,22). The molecule has 1 aromatic heterocycles. The summed E-state index contributed by atoms with van der Waals surface area (Å²) in [5.74, 6) is 0.501. The van der Waals surface area contributed by atoms with Crippen molar-refractivity contribution in [1.82, 2.24) is 5.16 Å². The van der Waals surface area contributed by atoms with Crippen molar-refractivity contribution >= 4 is 11.6 Å². The molecular formula is C18H15FN2O3. The van der Waals surface area contributed by atoms with Crippen molar-refractivity contribution in [2.24, 2.45) is 0 Å². The predicted molar refractivity (Wildman–Crippen MR) is 87.2 cm³/mol. The molecule has 1 N–H and O–H groups in total. The van der Waals surface area contributed by atoms with E-state index in [0.717, 1.165) is 0 Å². The smallest absolute Gasteiger partial charge is 0.230 e. The van der Waals surface area contributed by atoms with Crippen LogP contribution in [0, 0.1) is 5.82 Å². The number of para-hydroxylation sites is 2. The second-order valence-electron chi connectivity index (χ2n) is 5.11. The Morgan fingerprint density at radius 2 is 1.96 bits per heavy atom. The molecule has 0 bridgehead atoms. The highest BCUT2D eigenvalue weighted by Crippen LogP contribution is 2.24. The van der Waals surface area contributed by atoms with E-state index in [2.05, 4.69) is 10.5 Å². The van der Waals surface area contributed by atoms with E-state index < -0.39 is 0 Å². The van der Waals surface area contributed by atoms with Gasteiger partial charge < -0.3 is 14.6 Å². The monoisotopic (exact) mass is 326 g/mol. The van der Waals surface area contributed by atoms with Crippen LogP contribution in [0.3, 0.4) is 0 Å². The van der Waals surface area contributed by atoms with Crippen molar-refractivity contribution in [3.05, 3.63) is 66.1 Å². The Hall–Kier alpha value is -3.15. The Morgan fingerprint density at radius 3 is 2.71 bits per heavy atom. The third-order valence-corrected chi connectivity index (χ3v) is 3.41. The van der Waals surface area contributed by atoms with Gasteiger partial charge in [-0.2, -0.15) is 0 Å². The van der Waals surface area contributed by atoms with Gasteiger partial charge in [0.25, 0.3) is 0 Å². The maximum absolute atomic E-state index is 12.9. The first-order valence-corrected chi connectivity index (χ1v) is 7.30. The normalized spacial score (nSPS) is 10.4. The summed E-state index contributed by atoms with van der Waals surface area (Å²) in [6.07, 6.45) is 0.0583. The van der Waals surface area contributed by atoms with Crippen molar-refractivity contribution in [1.29, 1.82) is 0 Å². The summed E-state index contributed by atoms with van der Waals surface area (Å²) in [5, 5.41) is 6.65. The number of hydrogen-bond acceptors (Lipinski definition) is 4. The molecule has 0 fully saturated rings. The third-order valence-electron chi connectivity index (χ3n) is 3.41. The van der Waals surface area contributed by atoms with Gasteiger partial charge in [-0.15, -0.1) is 0 Å². The van der Waals surface area contributed by atoms with Crippen molar-refractivity contribution in [3.63, 3.8) is 0 Å². The van der Waals surface area contributed by atoms with Gasteiger partial charge in [-0.3, -0.25) is 4.79 Å². The number of nitrogens with one attached hydrogen (secondary N) is 1. The third kappa shape index (κ3) is 3.60. The zero-order valence-electron chi connectivity index (χ0n) is 13.0. The molecule has 0 aliphatic rings. The first-order valence-electron chi connectivity index (χ1n) is 7.30. The fourth-order valence-corrected chi connectivity index (χ4v) is 2.25. The number of ether oxygens (including phenoxy) is 1. The van der Waals surface area contributed by atoms with Crippen LogP contribution in [0.5, 0.6) is 5.75 Å². The zero-order valence-corrected chi connectivity index (χ0v) is 13.0. The number of amides is 1. The lowest BCUT2D eigenvalue weighted by Crippen LogP contribution is -2.15. The molecule has 0 saturated heterocycles. The molecule has 0 spiro atoms. The van der Waals surface area contributed by atoms with Gasteiger partial charge in [0, 0.05) is 11.6 Å². The summed E-state index contributed by atoms with van der Waals surface area (Å²) in [4.78, 5) is 12.1. The lowest BCUT2D eigenvalue weighted by molar-refractivity contribution is -0.115. The molecule has 1 heterocycles. The molecule has 0 atom stereocenters. The number of carbonyl (C=O) groups is 1. The summed E-state index contributed by atoms with van der Waals surface area (Å²) < 4.78 is 23.3. The Balaban J connectivity index is 1.68. The van der Waals surface area contributed by atoms with Gasteiger partial charge in [-0.1, -0.05) is 17.3 Å². The molecule has 0 radical (unpaired) electrons. The minimum atomic E-state index is -0.324. The molecule has 3 rings (SSSR count). The molecule has 24 heavy (non-hydrogen) atoms. The average molecular weight is 326 g/mol. The van der Waals surface area contributed by atoms with Gasteiger partial charge in [0.05, 0.1) is 24.9 Å². The molecule has 0 aliphatic carbocycles. The van der Waals surface area contributed by atoms with E-state index in [4.69, 9.17) is 9.26 Å². The average Bonchev–Trinajstić information content (AvgIpc) is 3.04. The summed E-state index contributed by atoms with van der Waals surface area (Å²) >= 11 is 0. The number of rotatable bonds is 5. The fraction of sp³-hybridized carbons (Fsp3) is 0.111. The van der Waals surface area contributed by atoms with Crippen molar-refractivity contribution in [3.8, 4) is 17.1 Å². The first kappa shape index (κ1) is 15.7. The van der Waals surface area contributed by atoms with Crippen LogP contribution in [0.4, 0.5) is 10.1 Å². The van der Waals surface area contributed by atoms with Gasteiger partial charge in [0.15, 0.2) is 5.76 Å². The van der Waals surface area contributed by atoms with E-state index in [0.29, 0.717) is 28.5 Å². The Bertz CT molecular complexity index is 843. The SMILES string of the molecule is COc1ccccc1NC(=O)Cc1cc(-c2ccc(F)cc2)on1. The van der Waals surface area contributed by atoms with Crippen molar-refractivity contribution < 1.29 is 18.4 Å². The Labute approximate surface area is 138 Å². The highest BCUT2D eigenvalue weighted by molar-refractivity contribution is 5.93. The lowest BCUT2D eigenvalue weighted by atomic mass is 10.1. The fourth-order valence-electron chi connectivity index (χ4n) is 2.25. The summed E-state index contributed by atoms with van der Waals surface area (Å²) in [6, 6.07) is 14.7. The molecule has 0 unspecified atom stereocenters. The molecule has 3 aromatic rings. The molecule has 1 amide bonds. The quantitative estimate of drug-likeness (QED) is 0.777. The van der Waals surface area contributed by atoms with Gasteiger partial charge in [-0.25, -0.2) is 4.39 Å². The van der Waals surface area contributed by atoms with E-state index in [1.165, 1.54) is 19.2 Å². The van der Waals surface area contributed by atoms with Crippen LogP contribution in [-0.2, 0) is 11.2 Å². The maximum Gasteiger partial charge on any atom is 0.230 e. The van der Waals surface area contributed by atoms with Gasteiger partial charge in [0.1, 0.15) is 11.6 Å². The lowest BCUT2D eigenvalue weighted by Gasteiger charge is -2.08. The van der Waals surface area contributed by atoms with Crippen LogP contribution >= 0.6 is 0 Å². The predicted octanol–water partition coefficient (Wildman–Crippen LogP) is 3.67. The van der Waals surface area contributed by atoms with E-state index in [1.807, 2.05) is 6.07 Å². The molecule has 0 saturated carbocycles. The highest BCUT2D eigenvalue weighted by atomic mass is 19.1. The molecule has 5 nitrogen and oxygen atoms in total. The molecule has 6 heteroatoms. The number of methoxy groups -OCH3 is 1. The van der Waals surface area contributed by atoms with Gasteiger partial charge in [0.2, 0.25) is 5.91 Å². The van der Waals surface area contributed by atoms with Crippen molar-refractivity contribution in [2.45, 2.75) is 6.42 Å². The zero-order chi connectivity index (χ0) is 16.9. The number of halogens is 1. The van der Waals surface area contributed by atoms with Crippen molar-refractivity contribution in [2.75, 3.05) is 12.4 Å². The minimum absolute atomic E-state index is 0.0583. The number of benzene rings is 2. The summed E-state index contributed by atoms with van der Waals surface area (Å²) in [7, 11) is 1.54. The van der Waals surface area contributed by atoms with E-state index in [1.54, 1.807) is 36.4 Å². The number of carbonyl (C=O) groups excluding carboxylic acids is 1. The number of hydrogen-bond donors (Lipinski definition) is 1. The van der Waals surface area contributed by atoms with Gasteiger partial charge >= 0.3 is 0 Å². The second-order valence-corrected chi connectivity index (χ2v) is 5.11. The number of anilines is 1. The minimum Gasteiger partial charge on any atom is -0.495 e. The molecule has 122 valence electrons. The number of nitrogens with zero attached hydrogens (tertiary/aromatic N) is 1. The highest BCUT2D eigenvalue weighted by Gasteiger charge is 2.12. The van der Waals surface area contributed by atoms with Crippen LogP contribution < -0.4 is 10.1 Å². The molecular weight excluding hydrogens is 311 g/mol. The van der Waals surface area contributed by atoms with Gasteiger partial charge in [-0.05, 0) is 36.4 Å². The topological polar surface area (TPSA) is 64.4 Å². The second kappa shape index (κ2) is 6.95. The Morgan fingerprint density at radius 1 is 1.21 bits per heavy atom. The number of aromatic nitrogens is 1.